The minimum Gasteiger partial charge on any atom is -0.258 e. The van der Waals surface area contributed by atoms with E-state index in [1.54, 1.807) is 6.07 Å². The number of nitro benzene ring substituents is 1. The van der Waals surface area contributed by atoms with E-state index in [2.05, 4.69) is 12.6 Å². The molecule has 12 heavy (non-hydrogen) atoms. The van der Waals surface area contributed by atoms with Gasteiger partial charge in [-0.2, -0.15) is 0 Å². The maximum Gasteiger partial charge on any atom is 0.270 e. The molecule has 0 aliphatic carbocycles. The monoisotopic (exact) mass is 183 g/mol. The Morgan fingerprint density at radius 3 is 2.67 bits per heavy atom. The average molecular weight is 183 g/mol. The number of nitrogens with zero attached hydrogens (tertiary/aromatic N) is 1. The van der Waals surface area contributed by atoms with Gasteiger partial charge < -0.3 is 0 Å². The summed E-state index contributed by atoms with van der Waals surface area (Å²) in [5.41, 5.74) is 1.13. The van der Waals surface area contributed by atoms with Crippen LogP contribution >= 0.6 is 12.6 Å². The fourth-order valence-electron chi connectivity index (χ4n) is 0.965. The number of non-ortho nitro benzene ring substituents is 1. The van der Waals surface area contributed by atoms with Crippen LogP contribution in [0.15, 0.2) is 23.1 Å². The molecule has 0 heterocycles. The molecule has 1 rings (SSSR count). The molecule has 0 spiro atoms. The fourth-order valence-corrected chi connectivity index (χ4v) is 1.33. The molecule has 0 saturated heterocycles. The zero-order chi connectivity index (χ0) is 9.14. The van der Waals surface area contributed by atoms with Crippen molar-refractivity contribution in [3.05, 3.63) is 33.9 Å². The van der Waals surface area contributed by atoms with E-state index in [1.807, 2.05) is 6.92 Å². The Bertz CT molecular complexity index is 312. The molecule has 0 aliphatic heterocycles. The van der Waals surface area contributed by atoms with Crippen molar-refractivity contribution in [3.63, 3.8) is 0 Å². The van der Waals surface area contributed by atoms with Gasteiger partial charge in [-0.15, -0.1) is 12.6 Å². The van der Waals surface area contributed by atoms with Crippen molar-refractivity contribution >= 4 is 18.3 Å². The lowest BCUT2D eigenvalue weighted by Gasteiger charge is -1.99. The third-order valence-corrected chi connectivity index (χ3v) is 2.08. The fraction of sp³-hybridized carbons (Fsp3) is 0.250. The van der Waals surface area contributed by atoms with Gasteiger partial charge in [0.05, 0.1) is 4.92 Å². The Hall–Kier alpha value is -1.03. The van der Waals surface area contributed by atoms with Crippen LogP contribution in [0.4, 0.5) is 5.69 Å². The predicted octanol–water partition coefficient (Wildman–Crippen LogP) is 2.45. The average Bonchev–Trinajstić information content (AvgIpc) is 2.04. The number of hydrogen-bond donors (Lipinski definition) is 1. The molecule has 0 N–H and O–H groups in total. The van der Waals surface area contributed by atoms with Gasteiger partial charge in [0.1, 0.15) is 0 Å². The number of hydrogen-bond acceptors (Lipinski definition) is 3. The van der Waals surface area contributed by atoms with Crippen LogP contribution < -0.4 is 0 Å². The summed E-state index contributed by atoms with van der Waals surface area (Å²) in [6.07, 6.45) is 0.844. The van der Waals surface area contributed by atoms with E-state index in [0.717, 1.165) is 12.0 Å². The van der Waals surface area contributed by atoms with Crippen molar-refractivity contribution in [2.24, 2.45) is 0 Å². The molecule has 0 aliphatic rings. The molecule has 0 aromatic heterocycles. The Labute approximate surface area is 76.0 Å². The van der Waals surface area contributed by atoms with Crippen LogP contribution in [0.1, 0.15) is 12.5 Å². The molecule has 0 unspecified atom stereocenters. The first kappa shape index (κ1) is 9.06. The quantitative estimate of drug-likeness (QED) is 0.434. The molecule has 0 bridgehead atoms. The lowest BCUT2D eigenvalue weighted by Crippen LogP contribution is -1.89. The highest BCUT2D eigenvalue weighted by Crippen LogP contribution is 2.20. The Kier molecular flexibility index (Phi) is 2.70. The van der Waals surface area contributed by atoms with Crippen molar-refractivity contribution in [2.45, 2.75) is 18.2 Å². The van der Waals surface area contributed by atoms with Gasteiger partial charge in [0.15, 0.2) is 0 Å². The van der Waals surface area contributed by atoms with Gasteiger partial charge in [-0.25, -0.2) is 0 Å². The zero-order valence-electron chi connectivity index (χ0n) is 6.65. The van der Waals surface area contributed by atoms with Gasteiger partial charge in [0, 0.05) is 17.0 Å². The van der Waals surface area contributed by atoms with Crippen LogP contribution in [0.25, 0.3) is 0 Å². The number of benzene rings is 1. The summed E-state index contributed by atoms with van der Waals surface area (Å²) in [5, 5.41) is 10.3. The van der Waals surface area contributed by atoms with Crippen molar-refractivity contribution in [3.8, 4) is 0 Å². The number of aryl methyl sites for hydroxylation is 1. The Morgan fingerprint density at radius 2 is 2.25 bits per heavy atom. The molecule has 1 aromatic carbocycles. The molecule has 0 fully saturated rings. The molecule has 0 radical (unpaired) electrons. The molecule has 1 aromatic rings. The third kappa shape index (κ3) is 1.76. The van der Waals surface area contributed by atoms with Crippen molar-refractivity contribution in [2.75, 3.05) is 0 Å². The Balaban J connectivity index is 3.10. The second-order valence-corrected chi connectivity index (χ2v) is 2.91. The highest BCUT2D eigenvalue weighted by atomic mass is 32.1. The number of nitro groups is 1. The van der Waals surface area contributed by atoms with Crippen LogP contribution in [0, 0.1) is 10.1 Å². The summed E-state index contributed by atoms with van der Waals surface area (Å²) in [6, 6.07) is 4.71. The SMILES string of the molecule is CCc1ccc([N+](=O)[O-])cc1S. The van der Waals surface area contributed by atoms with E-state index in [9.17, 15) is 10.1 Å². The molecule has 0 atom stereocenters. The maximum absolute atomic E-state index is 10.3. The lowest BCUT2D eigenvalue weighted by molar-refractivity contribution is -0.385. The summed E-state index contributed by atoms with van der Waals surface area (Å²) >= 11 is 4.14. The minimum absolute atomic E-state index is 0.0946. The first-order chi connectivity index (χ1) is 5.65. The highest BCUT2D eigenvalue weighted by Gasteiger charge is 2.06. The van der Waals surface area contributed by atoms with Gasteiger partial charge in [-0.1, -0.05) is 13.0 Å². The lowest BCUT2D eigenvalue weighted by atomic mass is 10.1. The molecule has 0 saturated carbocycles. The van der Waals surface area contributed by atoms with Crippen molar-refractivity contribution in [1.29, 1.82) is 0 Å². The smallest absolute Gasteiger partial charge is 0.258 e. The first-order valence-corrected chi connectivity index (χ1v) is 4.06. The van der Waals surface area contributed by atoms with E-state index in [0.29, 0.717) is 4.90 Å². The summed E-state index contributed by atoms with van der Waals surface area (Å²) in [6.45, 7) is 1.99. The van der Waals surface area contributed by atoms with E-state index in [-0.39, 0.29) is 5.69 Å². The van der Waals surface area contributed by atoms with Gasteiger partial charge >= 0.3 is 0 Å². The molecular weight excluding hydrogens is 174 g/mol. The summed E-state index contributed by atoms with van der Waals surface area (Å²) in [5.74, 6) is 0. The maximum atomic E-state index is 10.3. The minimum atomic E-state index is -0.418. The largest absolute Gasteiger partial charge is 0.270 e. The predicted molar refractivity (Wildman–Crippen MR) is 49.7 cm³/mol. The van der Waals surface area contributed by atoms with Crippen LogP contribution in [-0.2, 0) is 6.42 Å². The van der Waals surface area contributed by atoms with Crippen LogP contribution in [0.3, 0.4) is 0 Å². The number of thiol groups is 1. The third-order valence-electron chi connectivity index (χ3n) is 1.66. The van der Waals surface area contributed by atoms with Crippen molar-refractivity contribution < 1.29 is 4.92 Å². The second-order valence-electron chi connectivity index (χ2n) is 2.42. The van der Waals surface area contributed by atoms with Crippen molar-refractivity contribution in [1.82, 2.24) is 0 Å². The summed E-state index contributed by atoms with van der Waals surface area (Å²) in [7, 11) is 0. The van der Waals surface area contributed by atoms with Gasteiger partial charge in [-0.05, 0) is 12.0 Å². The highest BCUT2D eigenvalue weighted by molar-refractivity contribution is 7.80. The van der Waals surface area contributed by atoms with E-state index >= 15 is 0 Å². The topological polar surface area (TPSA) is 43.1 Å². The van der Waals surface area contributed by atoms with E-state index in [4.69, 9.17) is 0 Å². The zero-order valence-corrected chi connectivity index (χ0v) is 7.54. The molecule has 64 valence electrons. The summed E-state index contributed by atoms with van der Waals surface area (Å²) in [4.78, 5) is 10.6. The molecule has 4 heteroatoms. The second kappa shape index (κ2) is 3.58. The molecule has 3 nitrogen and oxygen atoms in total. The summed E-state index contributed by atoms with van der Waals surface area (Å²) < 4.78 is 0. The van der Waals surface area contributed by atoms with Gasteiger partial charge in [0.25, 0.3) is 5.69 Å². The van der Waals surface area contributed by atoms with Crippen LogP contribution in [0.2, 0.25) is 0 Å². The molecule has 0 amide bonds. The van der Waals surface area contributed by atoms with E-state index < -0.39 is 4.92 Å². The Morgan fingerprint density at radius 1 is 1.58 bits per heavy atom. The number of rotatable bonds is 2. The van der Waals surface area contributed by atoms with E-state index in [1.165, 1.54) is 12.1 Å². The molecular formula is C8H9NO2S. The van der Waals surface area contributed by atoms with Crippen LogP contribution in [-0.4, -0.2) is 4.92 Å². The standard InChI is InChI=1S/C8H9NO2S/c1-2-6-3-4-7(9(10)11)5-8(6)12/h3-5,12H,2H2,1H3. The van der Waals surface area contributed by atoms with Crippen LogP contribution in [0.5, 0.6) is 0 Å². The van der Waals surface area contributed by atoms with Gasteiger partial charge in [0.2, 0.25) is 0 Å². The van der Waals surface area contributed by atoms with Gasteiger partial charge in [-0.3, -0.25) is 10.1 Å². The first-order valence-electron chi connectivity index (χ1n) is 3.61. The normalized spacial score (nSPS) is 9.83.